The molecule has 0 amide bonds. The van der Waals surface area contributed by atoms with Gasteiger partial charge in [-0.05, 0) is 42.3 Å². The number of hydrogen-bond donors (Lipinski definition) is 2. The van der Waals surface area contributed by atoms with Gasteiger partial charge in [0.05, 0.1) is 0 Å². The summed E-state index contributed by atoms with van der Waals surface area (Å²) in [5.41, 5.74) is 2.33. The van der Waals surface area contributed by atoms with Gasteiger partial charge in [0.2, 0.25) is 0 Å². The fraction of sp³-hybridized carbons (Fsp3) is 0.312. The zero-order valence-corrected chi connectivity index (χ0v) is 13.5. The van der Waals surface area contributed by atoms with Gasteiger partial charge in [0, 0.05) is 30.0 Å². The first-order valence-corrected chi connectivity index (χ1v) is 7.61. The lowest BCUT2D eigenvalue weighted by Crippen LogP contribution is -2.31. The van der Waals surface area contributed by atoms with E-state index in [4.69, 9.17) is 4.74 Å². The van der Waals surface area contributed by atoms with Crippen molar-refractivity contribution < 1.29 is 9.84 Å². The molecule has 0 saturated carbocycles. The van der Waals surface area contributed by atoms with E-state index in [2.05, 4.69) is 26.2 Å². The molecule has 0 saturated heterocycles. The second-order valence-corrected chi connectivity index (χ2v) is 5.77. The van der Waals surface area contributed by atoms with E-state index in [-0.39, 0.29) is 6.61 Å². The van der Waals surface area contributed by atoms with Gasteiger partial charge in [-0.25, -0.2) is 0 Å². The summed E-state index contributed by atoms with van der Waals surface area (Å²) >= 11 is 3.38. The molecule has 2 rings (SSSR count). The normalized spacial score (nSPS) is 12.1. The summed E-state index contributed by atoms with van der Waals surface area (Å²) in [6, 6.07) is 9.55. The molecule has 1 heterocycles. The smallest absolute Gasteiger partial charge is 0.120 e. The average molecular weight is 351 g/mol. The van der Waals surface area contributed by atoms with E-state index in [1.807, 2.05) is 43.5 Å². The number of rotatable bonds is 7. The van der Waals surface area contributed by atoms with E-state index >= 15 is 0 Å². The van der Waals surface area contributed by atoms with Crippen molar-refractivity contribution in [1.29, 1.82) is 0 Å². The number of hydrogen-bond acceptors (Lipinski definition) is 4. The maximum absolute atomic E-state index is 9.92. The van der Waals surface area contributed by atoms with Crippen LogP contribution >= 0.6 is 15.9 Å². The number of aliphatic hydroxyl groups excluding tert-OH is 1. The molecule has 1 unspecified atom stereocenters. The van der Waals surface area contributed by atoms with Gasteiger partial charge in [-0.1, -0.05) is 22.0 Å². The second-order valence-electron chi connectivity index (χ2n) is 4.86. The molecule has 0 radical (unpaired) electrons. The summed E-state index contributed by atoms with van der Waals surface area (Å²) in [6.45, 7) is 3.48. The van der Waals surface area contributed by atoms with E-state index in [1.54, 1.807) is 6.20 Å². The summed E-state index contributed by atoms with van der Waals surface area (Å²) in [6.07, 6.45) is 3.06. The molecule has 0 spiro atoms. The van der Waals surface area contributed by atoms with Gasteiger partial charge in [0.1, 0.15) is 18.5 Å². The second kappa shape index (κ2) is 8.12. The van der Waals surface area contributed by atoms with Crippen molar-refractivity contribution in [3.05, 3.63) is 58.3 Å². The largest absolute Gasteiger partial charge is 0.491 e. The van der Waals surface area contributed by atoms with Crippen molar-refractivity contribution in [3.63, 3.8) is 0 Å². The zero-order valence-electron chi connectivity index (χ0n) is 11.9. The van der Waals surface area contributed by atoms with Gasteiger partial charge in [0.15, 0.2) is 0 Å². The summed E-state index contributed by atoms with van der Waals surface area (Å²) in [5, 5.41) is 13.1. The first kappa shape index (κ1) is 15.9. The third kappa shape index (κ3) is 5.46. The highest BCUT2D eigenvalue weighted by atomic mass is 79.9. The summed E-state index contributed by atoms with van der Waals surface area (Å²) in [4.78, 5) is 4.06. The van der Waals surface area contributed by atoms with Crippen LogP contribution in [0.25, 0.3) is 0 Å². The summed E-state index contributed by atoms with van der Waals surface area (Å²) in [7, 11) is 0. The Hall–Kier alpha value is -1.43. The lowest BCUT2D eigenvalue weighted by molar-refractivity contribution is 0.106. The Morgan fingerprint density at radius 3 is 3.00 bits per heavy atom. The molecule has 0 aliphatic rings. The van der Waals surface area contributed by atoms with Gasteiger partial charge in [0.25, 0.3) is 0 Å². The van der Waals surface area contributed by atoms with Crippen molar-refractivity contribution in [2.75, 3.05) is 13.2 Å². The predicted molar refractivity (Wildman–Crippen MR) is 86.3 cm³/mol. The Bertz CT molecular complexity index is 578. The van der Waals surface area contributed by atoms with Crippen molar-refractivity contribution >= 4 is 15.9 Å². The molecular formula is C16H19BrN2O2. The van der Waals surface area contributed by atoms with Crippen LogP contribution in [-0.2, 0) is 6.54 Å². The molecule has 0 aliphatic heterocycles. The number of ether oxygens (including phenoxy) is 1. The topological polar surface area (TPSA) is 54.4 Å². The van der Waals surface area contributed by atoms with Crippen molar-refractivity contribution in [3.8, 4) is 5.75 Å². The molecule has 1 aromatic heterocycles. The van der Waals surface area contributed by atoms with E-state index in [0.29, 0.717) is 13.1 Å². The minimum atomic E-state index is -0.550. The lowest BCUT2D eigenvalue weighted by atomic mass is 10.1. The standard InChI is InChI=1S/C16H19BrN2O2/c1-12-8-18-6-5-13(12)9-19-10-15(20)11-21-16-4-2-3-14(17)7-16/h2-8,15,19-20H,9-11H2,1H3. The molecule has 4 nitrogen and oxygen atoms in total. The average Bonchev–Trinajstić information content (AvgIpc) is 2.47. The molecule has 1 aromatic carbocycles. The Balaban J connectivity index is 1.70. The van der Waals surface area contributed by atoms with Crippen molar-refractivity contribution in [2.45, 2.75) is 19.6 Å². The molecule has 21 heavy (non-hydrogen) atoms. The van der Waals surface area contributed by atoms with Crippen LogP contribution in [0.4, 0.5) is 0 Å². The molecule has 1 atom stereocenters. The van der Waals surface area contributed by atoms with Gasteiger partial charge in [-0.3, -0.25) is 4.98 Å². The van der Waals surface area contributed by atoms with E-state index in [1.165, 1.54) is 5.56 Å². The molecule has 5 heteroatoms. The van der Waals surface area contributed by atoms with E-state index in [0.717, 1.165) is 15.8 Å². The molecule has 0 aliphatic carbocycles. The van der Waals surface area contributed by atoms with Gasteiger partial charge < -0.3 is 15.2 Å². The van der Waals surface area contributed by atoms with Crippen LogP contribution in [0.3, 0.4) is 0 Å². The van der Waals surface area contributed by atoms with Crippen LogP contribution in [-0.4, -0.2) is 29.3 Å². The number of nitrogens with one attached hydrogen (secondary N) is 1. The molecule has 0 bridgehead atoms. The lowest BCUT2D eigenvalue weighted by Gasteiger charge is -2.14. The molecule has 112 valence electrons. The van der Waals surface area contributed by atoms with Crippen LogP contribution < -0.4 is 10.1 Å². The molecule has 0 fully saturated rings. The van der Waals surface area contributed by atoms with E-state index < -0.39 is 6.10 Å². The quantitative estimate of drug-likeness (QED) is 0.805. The number of halogens is 1. The third-order valence-electron chi connectivity index (χ3n) is 3.07. The van der Waals surface area contributed by atoms with Gasteiger partial charge >= 0.3 is 0 Å². The first-order valence-electron chi connectivity index (χ1n) is 6.82. The third-order valence-corrected chi connectivity index (χ3v) is 3.56. The molecule has 2 N–H and O–H groups in total. The number of pyridine rings is 1. The monoisotopic (exact) mass is 350 g/mol. The van der Waals surface area contributed by atoms with Crippen LogP contribution in [0.15, 0.2) is 47.2 Å². The highest BCUT2D eigenvalue weighted by Gasteiger charge is 2.06. The number of aryl methyl sites for hydroxylation is 1. The fourth-order valence-corrected chi connectivity index (χ4v) is 2.26. The predicted octanol–water partition coefficient (Wildman–Crippen LogP) is 2.68. The van der Waals surface area contributed by atoms with Crippen LogP contribution in [0.2, 0.25) is 0 Å². The Kier molecular flexibility index (Phi) is 6.17. The van der Waals surface area contributed by atoms with Crippen molar-refractivity contribution in [2.24, 2.45) is 0 Å². The number of nitrogens with zero attached hydrogens (tertiary/aromatic N) is 1. The SMILES string of the molecule is Cc1cnccc1CNCC(O)COc1cccc(Br)c1. The maximum atomic E-state index is 9.92. The molecular weight excluding hydrogens is 332 g/mol. The minimum absolute atomic E-state index is 0.263. The first-order chi connectivity index (χ1) is 10.1. The summed E-state index contributed by atoms with van der Waals surface area (Å²) in [5.74, 6) is 0.744. The van der Waals surface area contributed by atoms with Crippen LogP contribution in [0.1, 0.15) is 11.1 Å². The zero-order chi connectivity index (χ0) is 15.1. The highest BCUT2D eigenvalue weighted by Crippen LogP contribution is 2.17. The fourth-order valence-electron chi connectivity index (χ4n) is 1.88. The highest BCUT2D eigenvalue weighted by molar-refractivity contribution is 9.10. The summed E-state index contributed by atoms with van der Waals surface area (Å²) < 4.78 is 6.50. The van der Waals surface area contributed by atoms with Gasteiger partial charge in [-0.2, -0.15) is 0 Å². The Morgan fingerprint density at radius 2 is 2.24 bits per heavy atom. The number of aliphatic hydroxyl groups is 1. The van der Waals surface area contributed by atoms with Crippen molar-refractivity contribution in [1.82, 2.24) is 10.3 Å². The van der Waals surface area contributed by atoms with Gasteiger partial charge in [-0.15, -0.1) is 0 Å². The number of aromatic nitrogens is 1. The maximum Gasteiger partial charge on any atom is 0.120 e. The minimum Gasteiger partial charge on any atom is -0.491 e. The Labute approximate surface area is 133 Å². The Morgan fingerprint density at radius 1 is 1.38 bits per heavy atom. The van der Waals surface area contributed by atoms with E-state index in [9.17, 15) is 5.11 Å². The number of benzene rings is 1. The van der Waals surface area contributed by atoms with Crippen LogP contribution in [0.5, 0.6) is 5.75 Å². The molecule has 2 aromatic rings. The van der Waals surface area contributed by atoms with Crippen LogP contribution in [0, 0.1) is 6.92 Å².